The number of methoxy groups -OCH3 is 1. The van der Waals surface area contributed by atoms with E-state index < -0.39 is 12.0 Å². The molecular weight excluding hydrogens is 250 g/mol. The molecule has 1 rings (SSSR count). The largest absolute Gasteiger partial charge is 0.480 e. The fourth-order valence-corrected chi connectivity index (χ4v) is 2.25. The van der Waals surface area contributed by atoms with Crippen molar-refractivity contribution in [2.75, 3.05) is 40.4 Å². The fraction of sp³-hybridized carbons (Fsp3) is 0.833. The van der Waals surface area contributed by atoms with Crippen LogP contribution in [0.25, 0.3) is 0 Å². The summed E-state index contributed by atoms with van der Waals surface area (Å²) in [5, 5.41) is 11.5. The van der Waals surface area contributed by atoms with Crippen LogP contribution >= 0.6 is 0 Å². The molecule has 110 valence electrons. The Kier molecular flexibility index (Phi) is 6.04. The van der Waals surface area contributed by atoms with Crippen LogP contribution in [0, 0.1) is 0 Å². The number of carboxylic acid groups (broad SMARTS) is 1. The maximum atomic E-state index is 12.1. The van der Waals surface area contributed by atoms with Gasteiger partial charge in [0.15, 0.2) is 6.04 Å². The fourth-order valence-electron chi connectivity index (χ4n) is 2.25. The molecule has 0 saturated carbocycles. The van der Waals surface area contributed by atoms with Gasteiger partial charge in [-0.3, -0.25) is 0 Å². The van der Waals surface area contributed by atoms with Crippen LogP contribution in [0.3, 0.4) is 0 Å². The smallest absolute Gasteiger partial charge is 0.328 e. The summed E-state index contributed by atoms with van der Waals surface area (Å²) in [4.78, 5) is 27.0. The molecule has 0 spiro atoms. The first-order chi connectivity index (χ1) is 8.95. The number of aliphatic carboxylic acids is 1. The molecule has 0 bridgehead atoms. The van der Waals surface area contributed by atoms with Crippen molar-refractivity contribution in [2.24, 2.45) is 0 Å². The molecule has 2 N–H and O–H groups in total. The highest BCUT2D eigenvalue weighted by Crippen LogP contribution is 2.09. The summed E-state index contributed by atoms with van der Waals surface area (Å²) in [5.41, 5.74) is 0. The van der Waals surface area contributed by atoms with E-state index in [1.165, 1.54) is 7.11 Å². The van der Waals surface area contributed by atoms with Crippen molar-refractivity contribution in [1.82, 2.24) is 15.1 Å². The minimum atomic E-state index is -1.09. The number of carbonyl (C=O) groups is 2. The summed E-state index contributed by atoms with van der Waals surface area (Å²) in [7, 11) is 3.43. The van der Waals surface area contributed by atoms with E-state index in [0.29, 0.717) is 6.54 Å². The lowest BCUT2D eigenvalue weighted by atomic mass is 10.2. The molecule has 1 fully saturated rings. The Bertz CT molecular complexity index is 324. The van der Waals surface area contributed by atoms with Gasteiger partial charge in [0.25, 0.3) is 0 Å². The molecule has 2 unspecified atom stereocenters. The monoisotopic (exact) mass is 273 g/mol. The minimum absolute atomic E-state index is 0.0385. The van der Waals surface area contributed by atoms with Crippen LogP contribution in [0.5, 0.6) is 0 Å². The highest BCUT2D eigenvalue weighted by Gasteiger charge is 2.27. The van der Waals surface area contributed by atoms with Crippen molar-refractivity contribution in [1.29, 1.82) is 0 Å². The van der Waals surface area contributed by atoms with E-state index in [1.807, 2.05) is 14.0 Å². The zero-order chi connectivity index (χ0) is 14.4. The van der Waals surface area contributed by atoms with E-state index in [1.54, 1.807) is 4.90 Å². The molecule has 1 aliphatic rings. The molecule has 7 heteroatoms. The summed E-state index contributed by atoms with van der Waals surface area (Å²) in [5.74, 6) is -1.09. The molecule has 7 nitrogen and oxygen atoms in total. The molecule has 0 aromatic rings. The van der Waals surface area contributed by atoms with Gasteiger partial charge in [-0.05, 0) is 26.9 Å². The first-order valence-electron chi connectivity index (χ1n) is 6.43. The van der Waals surface area contributed by atoms with Crippen LogP contribution in [0.1, 0.15) is 13.3 Å². The molecule has 0 radical (unpaired) electrons. The Balaban J connectivity index is 2.62. The number of carboxylic acids is 1. The van der Waals surface area contributed by atoms with Crippen molar-refractivity contribution < 1.29 is 19.4 Å². The Morgan fingerprint density at radius 3 is 2.74 bits per heavy atom. The van der Waals surface area contributed by atoms with Crippen LogP contribution < -0.4 is 5.32 Å². The summed E-state index contributed by atoms with van der Waals surface area (Å²) in [6, 6.07) is -1.29. The van der Waals surface area contributed by atoms with Gasteiger partial charge in [0, 0.05) is 26.2 Å². The van der Waals surface area contributed by atoms with Gasteiger partial charge in [0.05, 0.1) is 6.61 Å². The molecule has 0 aromatic carbocycles. The number of rotatable bonds is 4. The standard InChI is InChI=1S/C12H23N3O4/c1-9-7-14(2)5-4-6-15(9)12(18)13-10(8-19-3)11(16)17/h9-10H,4-8H2,1-3H3,(H,13,18)(H,16,17). The van der Waals surface area contributed by atoms with Crippen molar-refractivity contribution in [3.05, 3.63) is 0 Å². The Hall–Kier alpha value is -1.34. The molecule has 2 amide bonds. The maximum absolute atomic E-state index is 12.1. The number of nitrogens with zero attached hydrogens (tertiary/aromatic N) is 2. The van der Waals surface area contributed by atoms with Crippen molar-refractivity contribution in [2.45, 2.75) is 25.4 Å². The quantitative estimate of drug-likeness (QED) is 0.742. The highest BCUT2D eigenvalue weighted by molar-refractivity contribution is 5.82. The number of urea groups is 1. The zero-order valence-electron chi connectivity index (χ0n) is 11.8. The zero-order valence-corrected chi connectivity index (χ0v) is 11.8. The molecular formula is C12H23N3O4. The number of amides is 2. The topological polar surface area (TPSA) is 82.1 Å². The van der Waals surface area contributed by atoms with Gasteiger partial charge in [-0.1, -0.05) is 0 Å². The maximum Gasteiger partial charge on any atom is 0.328 e. The third-order valence-electron chi connectivity index (χ3n) is 3.24. The number of ether oxygens (including phenoxy) is 1. The van der Waals surface area contributed by atoms with Crippen LogP contribution in [0.4, 0.5) is 4.79 Å². The Morgan fingerprint density at radius 1 is 1.47 bits per heavy atom. The van der Waals surface area contributed by atoms with E-state index in [0.717, 1.165) is 19.5 Å². The summed E-state index contributed by atoms with van der Waals surface area (Å²) in [6.07, 6.45) is 0.885. The van der Waals surface area contributed by atoms with Gasteiger partial charge in [0.2, 0.25) is 0 Å². The van der Waals surface area contributed by atoms with Gasteiger partial charge in [0.1, 0.15) is 0 Å². The molecule has 2 atom stereocenters. The predicted octanol–water partition coefficient (Wildman–Crippen LogP) is -0.178. The van der Waals surface area contributed by atoms with E-state index in [-0.39, 0.29) is 18.7 Å². The summed E-state index contributed by atoms with van der Waals surface area (Å²) < 4.78 is 4.80. The number of hydrogen-bond acceptors (Lipinski definition) is 4. The third kappa shape index (κ3) is 4.68. The molecule has 19 heavy (non-hydrogen) atoms. The average molecular weight is 273 g/mol. The normalized spacial score (nSPS) is 22.7. The minimum Gasteiger partial charge on any atom is -0.480 e. The molecule has 1 saturated heterocycles. The van der Waals surface area contributed by atoms with Crippen molar-refractivity contribution in [3.8, 4) is 0 Å². The second-order valence-corrected chi connectivity index (χ2v) is 4.95. The lowest BCUT2D eigenvalue weighted by Crippen LogP contribution is -2.53. The number of likely N-dealkylation sites (N-methyl/N-ethyl adjacent to an activating group) is 1. The molecule has 1 heterocycles. The van der Waals surface area contributed by atoms with Crippen LogP contribution in [-0.2, 0) is 9.53 Å². The lowest BCUT2D eigenvalue weighted by molar-refractivity contribution is -0.140. The lowest BCUT2D eigenvalue weighted by Gasteiger charge is -2.29. The predicted molar refractivity (Wildman–Crippen MR) is 70.1 cm³/mol. The second kappa shape index (κ2) is 7.30. The summed E-state index contributed by atoms with van der Waals surface area (Å²) >= 11 is 0. The number of nitrogens with one attached hydrogen (secondary N) is 1. The first kappa shape index (κ1) is 15.7. The molecule has 1 aliphatic heterocycles. The Labute approximate surface area is 113 Å². The molecule has 0 aromatic heterocycles. The van der Waals surface area contributed by atoms with Gasteiger partial charge >= 0.3 is 12.0 Å². The number of hydrogen-bond donors (Lipinski definition) is 2. The first-order valence-corrected chi connectivity index (χ1v) is 6.43. The molecule has 0 aliphatic carbocycles. The second-order valence-electron chi connectivity index (χ2n) is 4.95. The van der Waals surface area contributed by atoms with E-state index in [9.17, 15) is 9.59 Å². The van der Waals surface area contributed by atoms with E-state index in [4.69, 9.17) is 9.84 Å². The summed E-state index contributed by atoms with van der Waals surface area (Å²) in [6.45, 7) is 4.29. The van der Waals surface area contributed by atoms with Crippen molar-refractivity contribution >= 4 is 12.0 Å². The van der Waals surface area contributed by atoms with Crippen LogP contribution in [0.2, 0.25) is 0 Å². The van der Waals surface area contributed by atoms with Gasteiger partial charge in [-0.15, -0.1) is 0 Å². The van der Waals surface area contributed by atoms with Crippen LogP contribution in [-0.4, -0.2) is 79.4 Å². The van der Waals surface area contributed by atoms with Crippen molar-refractivity contribution in [3.63, 3.8) is 0 Å². The van der Waals surface area contributed by atoms with Gasteiger partial charge in [-0.2, -0.15) is 0 Å². The number of carbonyl (C=O) groups excluding carboxylic acids is 1. The van der Waals surface area contributed by atoms with E-state index >= 15 is 0 Å². The van der Waals surface area contributed by atoms with Crippen LogP contribution in [0.15, 0.2) is 0 Å². The van der Waals surface area contributed by atoms with Gasteiger partial charge < -0.3 is 25.0 Å². The van der Waals surface area contributed by atoms with Gasteiger partial charge in [-0.25, -0.2) is 9.59 Å². The highest BCUT2D eigenvalue weighted by atomic mass is 16.5. The third-order valence-corrected chi connectivity index (χ3v) is 3.24. The van der Waals surface area contributed by atoms with E-state index in [2.05, 4.69) is 10.2 Å². The Morgan fingerprint density at radius 2 is 2.16 bits per heavy atom. The SMILES string of the molecule is COCC(NC(=O)N1CCCN(C)CC1C)C(=O)O. The average Bonchev–Trinajstić information content (AvgIpc) is 2.49.